The van der Waals surface area contributed by atoms with Gasteiger partial charge in [-0.05, 0) is 11.6 Å². The highest BCUT2D eigenvalue weighted by atomic mass is 35.5. The second kappa shape index (κ2) is 4.21. The van der Waals surface area contributed by atoms with Crippen LogP contribution in [0.4, 0.5) is 0 Å². The lowest BCUT2D eigenvalue weighted by atomic mass is 9.96. The lowest BCUT2D eigenvalue weighted by molar-refractivity contribution is 0.978. The SMILES string of the molecule is ClC1=C(c2ccccc2)C(Cl)(Cl)CC=C1. The van der Waals surface area contributed by atoms with E-state index in [1.54, 1.807) is 0 Å². The molecule has 1 aromatic rings. The molecule has 0 saturated carbocycles. The monoisotopic (exact) mass is 258 g/mol. The van der Waals surface area contributed by atoms with Crippen LogP contribution in [0, 0.1) is 0 Å². The molecule has 0 spiro atoms. The topological polar surface area (TPSA) is 0 Å². The summed E-state index contributed by atoms with van der Waals surface area (Å²) >= 11 is 18.6. The minimum Gasteiger partial charge on any atom is -0.0959 e. The summed E-state index contributed by atoms with van der Waals surface area (Å²) in [4.78, 5) is 0. The van der Waals surface area contributed by atoms with Crippen molar-refractivity contribution in [1.29, 1.82) is 0 Å². The Hall–Kier alpha value is -0.430. The molecule has 1 aliphatic carbocycles. The van der Waals surface area contributed by atoms with Gasteiger partial charge in [0.15, 0.2) is 0 Å². The van der Waals surface area contributed by atoms with Gasteiger partial charge >= 0.3 is 0 Å². The maximum Gasteiger partial charge on any atom is 0.148 e. The zero-order chi connectivity index (χ0) is 10.9. The maximum atomic E-state index is 6.24. The van der Waals surface area contributed by atoms with Gasteiger partial charge in [-0.25, -0.2) is 0 Å². The molecule has 3 heteroatoms. The van der Waals surface area contributed by atoms with E-state index >= 15 is 0 Å². The minimum absolute atomic E-state index is 0.580. The quantitative estimate of drug-likeness (QED) is 0.637. The summed E-state index contributed by atoms with van der Waals surface area (Å²) < 4.78 is -0.923. The molecule has 0 amide bonds. The molecule has 0 aliphatic heterocycles. The summed E-state index contributed by atoms with van der Waals surface area (Å²) in [6.07, 6.45) is 4.30. The van der Waals surface area contributed by atoms with E-state index in [2.05, 4.69) is 0 Å². The van der Waals surface area contributed by atoms with E-state index in [0.29, 0.717) is 11.5 Å². The molecule has 0 nitrogen and oxygen atoms in total. The van der Waals surface area contributed by atoms with Crippen LogP contribution in [-0.2, 0) is 0 Å². The number of hydrogen-bond acceptors (Lipinski definition) is 0. The summed E-state index contributed by atoms with van der Waals surface area (Å²) in [5.74, 6) is 0. The summed E-state index contributed by atoms with van der Waals surface area (Å²) in [5, 5.41) is 0.609. The third-order valence-electron chi connectivity index (χ3n) is 2.31. The highest BCUT2D eigenvalue weighted by molar-refractivity contribution is 6.56. The Morgan fingerprint density at radius 3 is 2.33 bits per heavy atom. The van der Waals surface area contributed by atoms with Crippen molar-refractivity contribution in [2.24, 2.45) is 0 Å². The predicted octanol–water partition coefficient (Wildman–Crippen LogP) is 4.77. The van der Waals surface area contributed by atoms with Crippen molar-refractivity contribution in [1.82, 2.24) is 0 Å². The number of hydrogen-bond donors (Lipinski definition) is 0. The Bertz CT molecular complexity index is 416. The van der Waals surface area contributed by atoms with Gasteiger partial charge in [-0.3, -0.25) is 0 Å². The van der Waals surface area contributed by atoms with Crippen LogP contribution in [0.3, 0.4) is 0 Å². The number of allylic oxidation sites excluding steroid dienone is 4. The highest BCUT2D eigenvalue weighted by Crippen LogP contribution is 2.45. The van der Waals surface area contributed by atoms with Crippen molar-refractivity contribution in [2.45, 2.75) is 10.8 Å². The first kappa shape index (κ1) is 11.1. The summed E-state index contributed by atoms with van der Waals surface area (Å²) in [5.41, 5.74) is 1.76. The highest BCUT2D eigenvalue weighted by Gasteiger charge is 2.33. The first-order chi connectivity index (χ1) is 7.11. The standard InChI is InChI=1S/C12H9Cl3/c13-10-7-4-8-12(14,15)11(10)9-5-2-1-3-6-9/h1-7H,8H2. The molecule has 0 atom stereocenters. The molecule has 2 rings (SSSR count). The third kappa shape index (κ3) is 2.23. The Labute approximate surface area is 104 Å². The fourth-order valence-corrected chi connectivity index (χ4v) is 2.68. The van der Waals surface area contributed by atoms with Crippen LogP contribution in [0.1, 0.15) is 12.0 Å². The van der Waals surface area contributed by atoms with Crippen molar-refractivity contribution in [2.75, 3.05) is 0 Å². The van der Waals surface area contributed by atoms with E-state index in [-0.39, 0.29) is 0 Å². The number of rotatable bonds is 1. The fourth-order valence-electron chi connectivity index (χ4n) is 1.62. The van der Waals surface area contributed by atoms with E-state index in [4.69, 9.17) is 34.8 Å². The van der Waals surface area contributed by atoms with Crippen molar-refractivity contribution < 1.29 is 0 Å². The molecular formula is C12H9Cl3. The number of benzene rings is 1. The smallest absolute Gasteiger partial charge is 0.0959 e. The first-order valence-electron chi connectivity index (χ1n) is 4.61. The molecule has 15 heavy (non-hydrogen) atoms. The normalized spacial score (nSPS) is 19.4. The Balaban J connectivity index is 2.54. The van der Waals surface area contributed by atoms with Gasteiger partial charge in [-0.15, -0.1) is 0 Å². The molecule has 0 heterocycles. The van der Waals surface area contributed by atoms with Crippen molar-refractivity contribution in [3.63, 3.8) is 0 Å². The molecule has 0 N–H and O–H groups in total. The van der Waals surface area contributed by atoms with Gasteiger partial charge < -0.3 is 0 Å². The zero-order valence-corrected chi connectivity index (χ0v) is 10.2. The van der Waals surface area contributed by atoms with Crippen LogP contribution in [0.5, 0.6) is 0 Å². The second-order valence-corrected chi connectivity index (χ2v) is 5.29. The average molecular weight is 260 g/mol. The molecule has 78 valence electrons. The van der Waals surface area contributed by atoms with Gasteiger partial charge in [-0.1, -0.05) is 71.2 Å². The van der Waals surface area contributed by atoms with Crippen LogP contribution in [0.15, 0.2) is 47.5 Å². The molecule has 0 aromatic heterocycles. The molecular weight excluding hydrogens is 250 g/mol. The van der Waals surface area contributed by atoms with Crippen LogP contribution in [-0.4, -0.2) is 4.33 Å². The van der Waals surface area contributed by atoms with Gasteiger partial charge in [0.05, 0.1) is 0 Å². The van der Waals surface area contributed by atoms with Gasteiger partial charge in [0.2, 0.25) is 0 Å². The number of alkyl halides is 2. The fraction of sp³-hybridized carbons (Fsp3) is 0.167. The van der Waals surface area contributed by atoms with Crippen molar-refractivity contribution in [3.05, 3.63) is 53.1 Å². The largest absolute Gasteiger partial charge is 0.148 e. The van der Waals surface area contributed by atoms with Gasteiger partial charge in [-0.2, -0.15) is 0 Å². The molecule has 0 unspecified atom stereocenters. The van der Waals surface area contributed by atoms with E-state index in [9.17, 15) is 0 Å². The van der Waals surface area contributed by atoms with Crippen molar-refractivity contribution >= 4 is 40.4 Å². The summed E-state index contributed by atoms with van der Waals surface area (Å²) in [6, 6.07) is 9.73. The Morgan fingerprint density at radius 1 is 1.07 bits per heavy atom. The van der Waals surface area contributed by atoms with Crippen LogP contribution in [0.2, 0.25) is 0 Å². The Morgan fingerprint density at radius 2 is 1.73 bits per heavy atom. The summed E-state index contributed by atoms with van der Waals surface area (Å²) in [7, 11) is 0. The van der Waals surface area contributed by atoms with Crippen molar-refractivity contribution in [3.8, 4) is 0 Å². The van der Waals surface area contributed by atoms with Crippen LogP contribution in [0.25, 0.3) is 5.57 Å². The van der Waals surface area contributed by atoms with Gasteiger partial charge in [0.1, 0.15) is 4.33 Å². The predicted molar refractivity (Wildman–Crippen MR) is 67.4 cm³/mol. The first-order valence-corrected chi connectivity index (χ1v) is 5.75. The molecule has 0 fully saturated rings. The third-order valence-corrected chi connectivity index (χ3v) is 3.31. The molecule has 0 bridgehead atoms. The zero-order valence-electron chi connectivity index (χ0n) is 7.88. The maximum absolute atomic E-state index is 6.24. The van der Waals surface area contributed by atoms with Gasteiger partial charge in [0, 0.05) is 17.0 Å². The van der Waals surface area contributed by atoms with E-state index < -0.39 is 4.33 Å². The Kier molecular flexibility index (Phi) is 3.11. The van der Waals surface area contributed by atoms with Gasteiger partial charge in [0.25, 0.3) is 0 Å². The lowest BCUT2D eigenvalue weighted by Crippen LogP contribution is -2.17. The van der Waals surface area contributed by atoms with Crippen LogP contribution >= 0.6 is 34.8 Å². The summed E-state index contributed by atoms with van der Waals surface area (Å²) in [6.45, 7) is 0. The van der Waals surface area contributed by atoms with E-state index in [1.807, 2.05) is 42.5 Å². The molecule has 1 aliphatic rings. The lowest BCUT2D eigenvalue weighted by Gasteiger charge is -2.26. The molecule has 0 radical (unpaired) electrons. The molecule has 1 aromatic carbocycles. The van der Waals surface area contributed by atoms with E-state index in [1.165, 1.54) is 0 Å². The number of halogens is 3. The molecule has 0 saturated heterocycles. The average Bonchev–Trinajstić information content (AvgIpc) is 2.17. The second-order valence-electron chi connectivity index (χ2n) is 3.40. The van der Waals surface area contributed by atoms with Crippen LogP contribution < -0.4 is 0 Å². The van der Waals surface area contributed by atoms with E-state index in [0.717, 1.165) is 11.1 Å². The minimum atomic E-state index is -0.923.